The monoisotopic (exact) mass is 350 g/mol. The largest absolute Gasteiger partial charge is 0.458 e. The first-order chi connectivity index (χ1) is 11.8. The summed E-state index contributed by atoms with van der Waals surface area (Å²) in [5.41, 5.74) is 1.24. The molecule has 0 aliphatic carbocycles. The van der Waals surface area contributed by atoms with E-state index in [0.29, 0.717) is 16.8 Å². The van der Waals surface area contributed by atoms with Gasteiger partial charge in [0.15, 0.2) is 0 Å². The molecule has 2 N–H and O–H groups in total. The third-order valence-electron chi connectivity index (χ3n) is 3.67. The molecule has 1 atom stereocenters. The lowest BCUT2D eigenvalue weighted by atomic mass is 10.0. The lowest BCUT2D eigenvalue weighted by molar-refractivity contribution is -0.355. The Bertz CT molecular complexity index is 804. The first kappa shape index (κ1) is 17.0. The zero-order valence-electron chi connectivity index (χ0n) is 12.7. The van der Waals surface area contributed by atoms with Gasteiger partial charge < -0.3 is 15.3 Å². The minimum Gasteiger partial charge on any atom is -0.350 e. The van der Waals surface area contributed by atoms with E-state index in [2.05, 4.69) is 15.3 Å². The third-order valence-corrected chi connectivity index (χ3v) is 3.67. The normalized spacial score (nSPS) is 19.9. The molecule has 2 aromatic rings. The smallest absolute Gasteiger partial charge is 0.350 e. The molecular weight excluding hydrogens is 337 g/mol. The lowest BCUT2D eigenvalue weighted by Gasteiger charge is -2.22. The molecule has 2 aromatic carbocycles. The fourth-order valence-electron chi connectivity index (χ4n) is 2.27. The number of nitrogens with zero attached hydrogens (tertiary/aromatic N) is 1. The molecule has 3 rings (SSSR count). The Morgan fingerprint density at radius 2 is 1.76 bits per heavy atom. The Morgan fingerprint density at radius 3 is 2.32 bits per heavy atom. The maximum Gasteiger partial charge on any atom is 0.458 e. The zero-order chi connectivity index (χ0) is 18.1. The minimum atomic E-state index is -4.95. The van der Waals surface area contributed by atoms with Crippen LogP contribution in [0.15, 0.2) is 59.8 Å². The molecule has 8 heteroatoms. The fourth-order valence-corrected chi connectivity index (χ4v) is 2.27. The summed E-state index contributed by atoms with van der Waals surface area (Å²) in [6.07, 6.45) is -5.76. The number of carbonyl (C=O) groups is 1. The van der Waals surface area contributed by atoms with Crippen molar-refractivity contribution in [3.8, 4) is 0 Å². The number of hydrogen-bond donors (Lipinski definition) is 2. The number of amides is 1. The van der Waals surface area contributed by atoms with Gasteiger partial charge in [0.2, 0.25) is 0 Å². The molecule has 1 aliphatic heterocycles. The molecule has 5 nitrogen and oxygen atoms in total. The van der Waals surface area contributed by atoms with E-state index in [9.17, 15) is 23.1 Å². The number of para-hydroxylation sites is 1. The maximum absolute atomic E-state index is 12.7. The molecule has 130 valence electrons. The van der Waals surface area contributed by atoms with Gasteiger partial charge in [-0.1, -0.05) is 35.5 Å². The van der Waals surface area contributed by atoms with Gasteiger partial charge in [-0.05, 0) is 29.8 Å². The van der Waals surface area contributed by atoms with Gasteiger partial charge in [-0.25, -0.2) is 0 Å². The molecule has 0 spiro atoms. The first-order valence-corrected chi connectivity index (χ1v) is 7.29. The Hall–Kier alpha value is -2.87. The standard InChI is InChI=1S/C17H13F3N2O3/c18-17(19,20)16(24)10-14(22-25-16)11-6-8-12(9-7-11)15(23)21-13-4-2-1-3-5-13/h1-9,24H,10H2,(H,21,23). The number of benzene rings is 2. The van der Waals surface area contributed by atoms with Crippen LogP contribution in [-0.4, -0.2) is 28.7 Å². The summed E-state index contributed by atoms with van der Waals surface area (Å²) in [4.78, 5) is 16.3. The average molecular weight is 350 g/mol. The number of hydrogen-bond acceptors (Lipinski definition) is 4. The van der Waals surface area contributed by atoms with Crippen LogP contribution in [0.3, 0.4) is 0 Å². The lowest BCUT2D eigenvalue weighted by Crippen LogP contribution is -2.45. The number of nitrogens with one attached hydrogen (secondary N) is 1. The molecule has 0 aromatic heterocycles. The second-order valence-corrected chi connectivity index (χ2v) is 5.49. The summed E-state index contributed by atoms with van der Waals surface area (Å²) < 4.78 is 38.1. The Balaban J connectivity index is 1.70. The van der Waals surface area contributed by atoms with Crippen molar-refractivity contribution >= 4 is 17.3 Å². The highest BCUT2D eigenvalue weighted by Gasteiger charge is 2.60. The van der Waals surface area contributed by atoms with E-state index in [0.717, 1.165) is 0 Å². The highest BCUT2D eigenvalue weighted by atomic mass is 19.4. The van der Waals surface area contributed by atoms with Crippen molar-refractivity contribution in [2.45, 2.75) is 18.4 Å². The van der Waals surface area contributed by atoms with Gasteiger partial charge in [-0.15, -0.1) is 0 Å². The molecule has 0 radical (unpaired) electrons. The molecule has 1 amide bonds. The fraction of sp³-hybridized carbons (Fsp3) is 0.176. The zero-order valence-corrected chi connectivity index (χ0v) is 12.7. The van der Waals surface area contributed by atoms with Crippen LogP contribution in [0.25, 0.3) is 0 Å². The van der Waals surface area contributed by atoms with Crippen molar-refractivity contribution in [3.63, 3.8) is 0 Å². The molecule has 0 bridgehead atoms. The van der Waals surface area contributed by atoms with Gasteiger partial charge in [-0.2, -0.15) is 13.2 Å². The number of alkyl halides is 3. The van der Waals surface area contributed by atoms with E-state index < -0.39 is 18.4 Å². The second-order valence-electron chi connectivity index (χ2n) is 5.49. The highest BCUT2D eigenvalue weighted by Crippen LogP contribution is 2.38. The van der Waals surface area contributed by atoms with Crippen LogP contribution in [0, 0.1) is 0 Å². The van der Waals surface area contributed by atoms with E-state index in [4.69, 9.17) is 0 Å². The predicted molar refractivity (Wildman–Crippen MR) is 84.1 cm³/mol. The average Bonchev–Trinajstić information content (AvgIpc) is 2.99. The number of aliphatic hydroxyl groups is 1. The number of rotatable bonds is 3. The van der Waals surface area contributed by atoms with E-state index in [1.165, 1.54) is 24.3 Å². The quantitative estimate of drug-likeness (QED) is 0.892. The molecule has 1 heterocycles. The van der Waals surface area contributed by atoms with Gasteiger partial charge in [0.25, 0.3) is 5.91 Å². The van der Waals surface area contributed by atoms with Crippen LogP contribution < -0.4 is 5.32 Å². The van der Waals surface area contributed by atoms with E-state index >= 15 is 0 Å². The minimum absolute atomic E-state index is 0.0464. The van der Waals surface area contributed by atoms with Crippen LogP contribution in [-0.2, 0) is 4.84 Å². The topological polar surface area (TPSA) is 70.9 Å². The molecule has 25 heavy (non-hydrogen) atoms. The second kappa shape index (κ2) is 6.21. The molecule has 0 saturated heterocycles. The van der Waals surface area contributed by atoms with Crippen LogP contribution in [0.2, 0.25) is 0 Å². The van der Waals surface area contributed by atoms with Gasteiger partial charge in [0, 0.05) is 11.3 Å². The SMILES string of the molecule is O=C(Nc1ccccc1)c1ccc(C2=NOC(O)(C(F)(F)F)C2)cc1. The molecule has 1 aliphatic rings. The van der Waals surface area contributed by atoms with Crippen LogP contribution in [0.1, 0.15) is 22.3 Å². The van der Waals surface area contributed by atoms with Gasteiger partial charge in [0.1, 0.15) is 0 Å². The first-order valence-electron chi connectivity index (χ1n) is 7.29. The van der Waals surface area contributed by atoms with E-state index in [-0.39, 0.29) is 11.6 Å². The van der Waals surface area contributed by atoms with Crippen LogP contribution in [0.4, 0.5) is 18.9 Å². The summed E-state index contributed by atoms with van der Waals surface area (Å²) in [5, 5.41) is 15.5. The Morgan fingerprint density at radius 1 is 1.12 bits per heavy atom. The van der Waals surface area contributed by atoms with Gasteiger partial charge >= 0.3 is 12.0 Å². The third kappa shape index (κ3) is 3.48. The van der Waals surface area contributed by atoms with E-state index in [1.807, 2.05) is 6.07 Å². The summed E-state index contributed by atoms with van der Waals surface area (Å²) in [7, 11) is 0. The molecular formula is C17H13F3N2O3. The Labute approximate surface area is 140 Å². The summed E-state index contributed by atoms with van der Waals surface area (Å²) in [6, 6.07) is 14.6. The summed E-state index contributed by atoms with van der Waals surface area (Å²) >= 11 is 0. The van der Waals surface area contributed by atoms with E-state index in [1.54, 1.807) is 24.3 Å². The highest BCUT2D eigenvalue weighted by molar-refractivity contribution is 6.06. The van der Waals surface area contributed by atoms with Crippen LogP contribution >= 0.6 is 0 Å². The number of carbonyl (C=O) groups excluding carboxylic acids is 1. The molecule has 0 fully saturated rings. The summed E-state index contributed by atoms with van der Waals surface area (Å²) in [5.74, 6) is -3.67. The van der Waals surface area contributed by atoms with Gasteiger partial charge in [0.05, 0.1) is 12.1 Å². The number of oxime groups is 1. The van der Waals surface area contributed by atoms with Crippen molar-refractivity contribution in [3.05, 3.63) is 65.7 Å². The van der Waals surface area contributed by atoms with Gasteiger partial charge in [-0.3, -0.25) is 4.79 Å². The molecule has 0 saturated carbocycles. The number of anilines is 1. The van der Waals surface area contributed by atoms with Crippen LogP contribution in [0.5, 0.6) is 0 Å². The predicted octanol–water partition coefficient (Wildman–Crippen LogP) is 3.31. The van der Waals surface area contributed by atoms with Crippen molar-refractivity contribution in [1.29, 1.82) is 0 Å². The van der Waals surface area contributed by atoms with Crippen molar-refractivity contribution < 1.29 is 27.9 Å². The van der Waals surface area contributed by atoms with Crippen molar-refractivity contribution in [2.75, 3.05) is 5.32 Å². The molecule has 1 unspecified atom stereocenters. The Kier molecular flexibility index (Phi) is 4.22. The summed E-state index contributed by atoms with van der Waals surface area (Å²) in [6.45, 7) is 0. The maximum atomic E-state index is 12.7. The number of halogens is 3. The van der Waals surface area contributed by atoms with Crippen molar-refractivity contribution in [1.82, 2.24) is 0 Å². The van der Waals surface area contributed by atoms with Crippen molar-refractivity contribution in [2.24, 2.45) is 5.16 Å².